The number of nitrogens with zero attached hydrogens (tertiary/aromatic N) is 1. The number of benzene rings is 2. The molecule has 0 saturated carbocycles. The first-order chi connectivity index (χ1) is 37.1. The quantitative estimate of drug-likeness (QED) is 0.0513. The monoisotopic (exact) mass is 1130 g/mol. The molecular formula is C59H88NO18P. The lowest BCUT2D eigenvalue weighted by Crippen LogP contribution is -2.62. The van der Waals surface area contributed by atoms with Gasteiger partial charge in [0.25, 0.3) is 0 Å². The van der Waals surface area contributed by atoms with Crippen LogP contribution in [0.25, 0.3) is 0 Å². The van der Waals surface area contributed by atoms with Gasteiger partial charge in [-0.05, 0) is 112 Å². The highest BCUT2D eigenvalue weighted by molar-refractivity contribution is 7.49. The molecule has 5 rings (SSSR count). The van der Waals surface area contributed by atoms with Crippen LogP contribution in [0.4, 0.5) is 0 Å². The van der Waals surface area contributed by atoms with E-state index in [4.69, 9.17) is 51.5 Å². The molecule has 0 aromatic heterocycles. The average molecular weight is 1130 g/mol. The number of esters is 3. The van der Waals surface area contributed by atoms with E-state index in [9.17, 15) is 29.2 Å². The number of hydrogen-bond acceptors (Lipinski definition) is 19. The molecule has 3 aliphatic rings. The van der Waals surface area contributed by atoms with Gasteiger partial charge < -0.3 is 62.1 Å². The maximum Gasteiger partial charge on any atom is 0.588 e. The first-order valence-electron chi connectivity index (χ1n) is 27.5. The zero-order chi connectivity index (χ0) is 58.6. The standard InChI is InChI=1S/C59H88NO18P/c1-16-19-31-46(61)72-51-44(60(13)14)33-37(5)69-56(51)75-52-39(7)50(40(8)55(64)71-45(18-3)59(12,66)53(73-47(62)32-20-17-2)38(6)49(63)36(4)34-57(52,10)65)74-48-35-58(11,68-15)54(41(9)70-48)78-79(67,76-42-27-23-21-24-28-42)77-43-29-25-22-26-30-43/h16-17,21-30,36-41,44-45,48,50-54,56,65-66H,1-2,18-20,31-35H2,3-15H3/t36-,37-,38+,39+,40-,41+,44+,45-,48+,50+,51-,52-,53-,54+,56+,57+,58-,59+/m1/s1. The highest BCUT2D eigenvalue weighted by Gasteiger charge is 2.56. The second-order valence-corrected chi connectivity index (χ2v) is 23.9. The molecule has 0 bridgehead atoms. The normalized spacial score (nSPS) is 36.0. The van der Waals surface area contributed by atoms with Gasteiger partial charge in [-0.1, -0.05) is 76.2 Å². The van der Waals surface area contributed by atoms with Crippen LogP contribution in [-0.2, 0) is 66.2 Å². The zero-order valence-electron chi connectivity index (χ0n) is 48.5. The number of carbonyl (C=O) groups excluding carboxylic acids is 4. The summed E-state index contributed by atoms with van der Waals surface area (Å²) in [7, 11) is 0.612. The van der Waals surface area contributed by atoms with E-state index in [0.717, 1.165) is 0 Å². The number of likely N-dealkylation sites (N-methyl/N-ethyl adjacent to an activating group) is 1. The molecule has 2 N–H and O–H groups in total. The van der Waals surface area contributed by atoms with Gasteiger partial charge in [0.1, 0.15) is 41.2 Å². The van der Waals surface area contributed by atoms with Crippen LogP contribution in [0.3, 0.4) is 0 Å². The summed E-state index contributed by atoms with van der Waals surface area (Å²) in [6, 6.07) is 16.4. The third kappa shape index (κ3) is 16.8. The van der Waals surface area contributed by atoms with Crippen molar-refractivity contribution < 1.29 is 85.4 Å². The minimum Gasteiger partial charge on any atom is -0.459 e. The lowest BCUT2D eigenvalue weighted by molar-refractivity contribution is -0.318. The van der Waals surface area contributed by atoms with Crippen molar-refractivity contribution in [3.63, 3.8) is 0 Å². The second kappa shape index (κ2) is 28.4. The Labute approximate surface area is 467 Å². The number of phosphoric acid groups is 1. The molecule has 0 aliphatic carbocycles. The van der Waals surface area contributed by atoms with Crippen molar-refractivity contribution >= 4 is 31.5 Å². The summed E-state index contributed by atoms with van der Waals surface area (Å²) in [4.78, 5) is 58.5. The number of Topliss-reactive ketones (excluding diaryl/α,β-unsaturated/α-hetero) is 1. The topological polar surface area (TPSA) is 231 Å². The molecule has 3 aliphatic heterocycles. The molecule has 0 spiro atoms. The average Bonchev–Trinajstić information content (AvgIpc) is 3.47. The number of aliphatic hydroxyl groups is 2. The Kier molecular flexibility index (Phi) is 23.5. The molecule has 0 radical (unpaired) electrons. The van der Waals surface area contributed by atoms with Gasteiger partial charge in [0.15, 0.2) is 18.7 Å². The van der Waals surface area contributed by atoms with Gasteiger partial charge in [0, 0.05) is 38.2 Å². The van der Waals surface area contributed by atoms with Crippen LogP contribution in [-0.4, -0.2) is 144 Å². The van der Waals surface area contributed by atoms with Crippen molar-refractivity contribution in [1.82, 2.24) is 4.90 Å². The highest BCUT2D eigenvalue weighted by atomic mass is 31.2. The molecule has 3 saturated heterocycles. The van der Waals surface area contributed by atoms with Gasteiger partial charge in [-0.15, -0.1) is 13.2 Å². The van der Waals surface area contributed by atoms with Crippen LogP contribution >= 0.6 is 7.82 Å². The van der Waals surface area contributed by atoms with E-state index < -0.39 is 139 Å². The summed E-state index contributed by atoms with van der Waals surface area (Å²) in [5.74, 6) is -6.55. The number of ketones is 1. The predicted molar refractivity (Wildman–Crippen MR) is 293 cm³/mol. The number of methoxy groups -OCH3 is 1. The van der Waals surface area contributed by atoms with Crippen LogP contribution in [0, 0.1) is 23.7 Å². The van der Waals surface area contributed by atoms with E-state index in [-0.39, 0.29) is 50.0 Å². The summed E-state index contributed by atoms with van der Waals surface area (Å²) in [6.45, 7) is 23.7. The van der Waals surface area contributed by atoms with Gasteiger partial charge >= 0.3 is 25.7 Å². The van der Waals surface area contributed by atoms with Gasteiger partial charge in [-0.3, -0.25) is 23.7 Å². The van der Waals surface area contributed by atoms with E-state index in [1.165, 1.54) is 27.9 Å². The molecule has 18 atom stereocenters. The van der Waals surface area contributed by atoms with Crippen molar-refractivity contribution in [3.8, 4) is 11.5 Å². The largest absolute Gasteiger partial charge is 0.588 e. The smallest absolute Gasteiger partial charge is 0.459 e. The Balaban J connectivity index is 1.63. The summed E-state index contributed by atoms with van der Waals surface area (Å²) < 4.78 is 85.0. The lowest BCUT2D eigenvalue weighted by atomic mass is 9.74. The van der Waals surface area contributed by atoms with Gasteiger partial charge in [-0.2, -0.15) is 0 Å². The Morgan fingerprint density at radius 2 is 1.33 bits per heavy atom. The number of para-hydroxylation sites is 2. The van der Waals surface area contributed by atoms with Crippen LogP contribution in [0.1, 0.15) is 121 Å². The third-order valence-corrected chi connectivity index (χ3v) is 16.9. The van der Waals surface area contributed by atoms with E-state index >= 15 is 4.79 Å². The molecule has 2 aromatic rings. The molecule has 79 heavy (non-hydrogen) atoms. The van der Waals surface area contributed by atoms with E-state index in [1.54, 1.807) is 114 Å². The zero-order valence-corrected chi connectivity index (χ0v) is 49.4. The number of hydrogen-bond donors (Lipinski definition) is 2. The Hall–Kier alpha value is -4.53. The second-order valence-electron chi connectivity index (χ2n) is 22.4. The Bertz CT molecular complexity index is 2320. The van der Waals surface area contributed by atoms with Crippen molar-refractivity contribution in [2.24, 2.45) is 23.7 Å². The number of phosphoric ester groups is 1. The first-order valence-corrected chi connectivity index (χ1v) is 29.0. The fraction of sp³-hybridized carbons (Fsp3) is 0.661. The van der Waals surface area contributed by atoms with Crippen molar-refractivity contribution in [2.45, 2.75) is 205 Å². The lowest BCUT2D eigenvalue weighted by Gasteiger charge is -2.50. The minimum absolute atomic E-state index is 0.0317. The fourth-order valence-corrected chi connectivity index (χ4v) is 12.7. The fourth-order valence-electron chi connectivity index (χ4n) is 11.2. The van der Waals surface area contributed by atoms with E-state index in [0.29, 0.717) is 12.8 Å². The number of allylic oxidation sites excluding steroid dienone is 2. The molecule has 2 aromatic carbocycles. The summed E-state index contributed by atoms with van der Waals surface area (Å²) in [6.07, 6.45) is -7.78. The van der Waals surface area contributed by atoms with Crippen LogP contribution < -0.4 is 9.05 Å². The number of rotatable bonds is 21. The minimum atomic E-state index is -4.54. The molecule has 20 heteroatoms. The Morgan fingerprint density at radius 1 is 0.772 bits per heavy atom. The van der Waals surface area contributed by atoms with Crippen LogP contribution in [0.5, 0.6) is 11.5 Å². The van der Waals surface area contributed by atoms with Crippen molar-refractivity contribution in [3.05, 3.63) is 86.0 Å². The molecule has 0 unspecified atom stereocenters. The summed E-state index contributed by atoms with van der Waals surface area (Å²) in [5.41, 5.74) is -5.46. The summed E-state index contributed by atoms with van der Waals surface area (Å²) >= 11 is 0. The van der Waals surface area contributed by atoms with E-state index in [1.807, 2.05) is 25.9 Å². The number of ether oxygens (including phenoxy) is 8. The van der Waals surface area contributed by atoms with Crippen LogP contribution in [0.2, 0.25) is 0 Å². The van der Waals surface area contributed by atoms with Crippen molar-refractivity contribution in [2.75, 3.05) is 21.2 Å². The molecule has 19 nitrogen and oxygen atoms in total. The molecule has 442 valence electrons. The number of carbonyl (C=O) groups is 4. The SMILES string of the molecule is C=CCCC(=O)O[C@H]1[C@H](O[C@@H]2[C@@H](C)[C@H](O[C@H]3C[C@@](C)(OC)[C@@H](OP(=O)(Oc4ccccc4)Oc4ccccc4)[C@H](C)O3)[C@@H](C)C(=O)O[C@H](CC)[C@](C)(O)[C@H](OC(=O)CCC=C)[C@@H](C)C(=O)[C@H](C)C[C@]2(C)O)O[C@H](C)C[C@@H]1N(C)C. The van der Waals surface area contributed by atoms with Gasteiger partial charge in [0.05, 0.1) is 53.5 Å². The molecular weight excluding hydrogens is 1040 g/mol. The molecule has 0 amide bonds. The number of cyclic esters (lactones) is 1. The van der Waals surface area contributed by atoms with Crippen LogP contribution in [0.15, 0.2) is 86.0 Å². The molecule has 3 fully saturated rings. The maximum atomic E-state index is 15.0. The Morgan fingerprint density at radius 3 is 1.85 bits per heavy atom. The van der Waals surface area contributed by atoms with Gasteiger partial charge in [-0.25, -0.2) is 4.57 Å². The van der Waals surface area contributed by atoms with Gasteiger partial charge in [0.2, 0.25) is 0 Å². The van der Waals surface area contributed by atoms with E-state index in [2.05, 4.69) is 13.2 Å². The van der Waals surface area contributed by atoms with Crippen molar-refractivity contribution in [1.29, 1.82) is 0 Å². The first kappa shape index (κ1) is 65.3. The molecule has 3 heterocycles. The third-order valence-electron chi connectivity index (χ3n) is 15.5. The highest BCUT2D eigenvalue weighted by Crippen LogP contribution is 2.54. The maximum absolute atomic E-state index is 15.0. The summed E-state index contributed by atoms with van der Waals surface area (Å²) in [5, 5.41) is 25.6. The predicted octanol–water partition coefficient (Wildman–Crippen LogP) is 9.11.